The summed E-state index contributed by atoms with van der Waals surface area (Å²) >= 11 is 5.85. The molecule has 2 aromatic rings. The standard InChI is InChI=1S/C18H19ClN2O2/c19-14-6-8-15(9-7-14)21-18(22)13-4-10-16(11-5-13)23-17-3-1-2-12-20-17/h1-3,6-9,12-13,16H,4-5,10-11H2,(H,21,22). The zero-order valence-corrected chi connectivity index (χ0v) is 13.5. The lowest BCUT2D eigenvalue weighted by atomic mass is 9.86. The summed E-state index contributed by atoms with van der Waals surface area (Å²) in [5.74, 6) is 0.763. The van der Waals surface area contributed by atoms with Gasteiger partial charge >= 0.3 is 0 Å². The molecule has 0 radical (unpaired) electrons. The number of aromatic nitrogens is 1. The number of benzene rings is 1. The summed E-state index contributed by atoms with van der Waals surface area (Å²) in [6.45, 7) is 0. The Morgan fingerprint density at radius 1 is 1.09 bits per heavy atom. The largest absolute Gasteiger partial charge is 0.474 e. The first-order chi connectivity index (χ1) is 11.2. The van der Waals surface area contributed by atoms with E-state index in [4.69, 9.17) is 16.3 Å². The van der Waals surface area contributed by atoms with Crippen molar-refractivity contribution in [1.29, 1.82) is 0 Å². The van der Waals surface area contributed by atoms with Crippen molar-refractivity contribution in [2.45, 2.75) is 31.8 Å². The van der Waals surface area contributed by atoms with Gasteiger partial charge in [0, 0.05) is 28.9 Å². The van der Waals surface area contributed by atoms with Gasteiger partial charge in [0.2, 0.25) is 11.8 Å². The molecule has 23 heavy (non-hydrogen) atoms. The summed E-state index contributed by atoms with van der Waals surface area (Å²) in [5, 5.41) is 3.61. The summed E-state index contributed by atoms with van der Waals surface area (Å²) in [6, 6.07) is 12.8. The van der Waals surface area contributed by atoms with Crippen LogP contribution in [0.2, 0.25) is 5.02 Å². The minimum absolute atomic E-state index is 0.0364. The molecule has 1 aliphatic carbocycles. The number of anilines is 1. The summed E-state index contributed by atoms with van der Waals surface area (Å²) in [4.78, 5) is 16.5. The van der Waals surface area contributed by atoms with Crippen molar-refractivity contribution in [3.05, 3.63) is 53.7 Å². The van der Waals surface area contributed by atoms with Crippen LogP contribution in [0.5, 0.6) is 5.88 Å². The Morgan fingerprint density at radius 2 is 1.83 bits per heavy atom. The van der Waals surface area contributed by atoms with E-state index in [1.807, 2.05) is 30.3 Å². The lowest BCUT2D eigenvalue weighted by molar-refractivity contribution is -0.121. The maximum atomic E-state index is 12.3. The van der Waals surface area contributed by atoms with Crippen molar-refractivity contribution in [2.75, 3.05) is 5.32 Å². The molecule has 0 atom stereocenters. The third-order valence-corrected chi connectivity index (χ3v) is 4.33. The highest BCUT2D eigenvalue weighted by molar-refractivity contribution is 6.30. The average Bonchev–Trinajstić information content (AvgIpc) is 2.58. The van der Waals surface area contributed by atoms with Gasteiger partial charge in [-0.2, -0.15) is 0 Å². The van der Waals surface area contributed by atoms with Gasteiger partial charge in [0.25, 0.3) is 0 Å². The number of nitrogens with zero attached hydrogens (tertiary/aromatic N) is 1. The van der Waals surface area contributed by atoms with Crippen LogP contribution >= 0.6 is 11.6 Å². The zero-order valence-electron chi connectivity index (χ0n) is 12.7. The van der Waals surface area contributed by atoms with Crippen molar-refractivity contribution in [3.8, 4) is 5.88 Å². The Bertz CT molecular complexity index is 638. The molecule has 1 aliphatic rings. The maximum absolute atomic E-state index is 12.3. The molecule has 4 nitrogen and oxygen atoms in total. The Balaban J connectivity index is 1.48. The van der Waals surface area contributed by atoms with Crippen LogP contribution in [0, 0.1) is 5.92 Å². The smallest absolute Gasteiger partial charge is 0.227 e. The Morgan fingerprint density at radius 3 is 2.48 bits per heavy atom. The van der Waals surface area contributed by atoms with Crippen molar-refractivity contribution in [3.63, 3.8) is 0 Å². The van der Waals surface area contributed by atoms with E-state index in [2.05, 4.69) is 10.3 Å². The third kappa shape index (κ3) is 4.45. The number of rotatable bonds is 4. The number of halogens is 1. The molecule has 1 aromatic carbocycles. The zero-order chi connectivity index (χ0) is 16.1. The van der Waals surface area contributed by atoms with Gasteiger partial charge in [0.15, 0.2) is 0 Å². The second-order valence-electron chi connectivity index (χ2n) is 5.76. The van der Waals surface area contributed by atoms with Crippen LogP contribution in [-0.2, 0) is 4.79 Å². The fourth-order valence-corrected chi connectivity index (χ4v) is 2.93. The van der Waals surface area contributed by atoms with Crippen molar-refractivity contribution in [2.24, 2.45) is 5.92 Å². The number of amides is 1. The summed E-state index contributed by atoms with van der Waals surface area (Å²) < 4.78 is 5.86. The average molecular weight is 331 g/mol. The van der Waals surface area contributed by atoms with E-state index < -0.39 is 0 Å². The number of hydrogen-bond donors (Lipinski definition) is 1. The molecular formula is C18H19ClN2O2. The first kappa shape index (κ1) is 15.8. The number of carbonyl (C=O) groups excluding carboxylic acids is 1. The van der Waals surface area contributed by atoms with Gasteiger partial charge in [-0.3, -0.25) is 4.79 Å². The Kier molecular flexibility index (Phi) is 5.13. The van der Waals surface area contributed by atoms with Crippen LogP contribution in [0.25, 0.3) is 0 Å². The van der Waals surface area contributed by atoms with Gasteiger partial charge in [-0.1, -0.05) is 17.7 Å². The van der Waals surface area contributed by atoms with Crippen molar-refractivity contribution < 1.29 is 9.53 Å². The van der Waals surface area contributed by atoms with Crippen molar-refractivity contribution in [1.82, 2.24) is 4.98 Å². The number of pyridine rings is 1. The third-order valence-electron chi connectivity index (χ3n) is 4.08. The van der Waals surface area contributed by atoms with Crippen LogP contribution in [0.1, 0.15) is 25.7 Å². The molecule has 120 valence electrons. The van der Waals surface area contributed by atoms with Crippen molar-refractivity contribution >= 4 is 23.2 Å². The lowest BCUT2D eigenvalue weighted by Gasteiger charge is -2.27. The predicted octanol–water partition coefficient (Wildman–Crippen LogP) is 4.31. The number of carbonyl (C=O) groups is 1. The second-order valence-corrected chi connectivity index (χ2v) is 6.19. The molecule has 1 amide bonds. The fourth-order valence-electron chi connectivity index (χ4n) is 2.81. The number of hydrogen-bond acceptors (Lipinski definition) is 3. The predicted molar refractivity (Wildman–Crippen MR) is 90.7 cm³/mol. The minimum Gasteiger partial charge on any atom is -0.474 e. The van der Waals surface area contributed by atoms with Crippen LogP contribution in [0.4, 0.5) is 5.69 Å². The molecule has 1 fully saturated rings. The van der Waals surface area contributed by atoms with Gasteiger partial charge < -0.3 is 10.1 Å². The van der Waals surface area contributed by atoms with E-state index in [1.54, 1.807) is 18.3 Å². The molecule has 0 unspecified atom stereocenters. The highest BCUT2D eigenvalue weighted by Crippen LogP contribution is 2.28. The van der Waals surface area contributed by atoms with Gasteiger partial charge in [-0.25, -0.2) is 4.98 Å². The highest BCUT2D eigenvalue weighted by Gasteiger charge is 2.27. The first-order valence-electron chi connectivity index (χ1n) is 7.85. The van der Waals surface area contributed by atoms with Crippen LogP contribution in [0.15, 0.2) is 48.7 Å². The van der Waals surface area contributed by atoms with Crippen LogP contribution in [0.3, 0.4) is 0 Å². The molecule has 0 spiro atoms. The molecule has 1 saturated carbocycles. The normalized spacial score (nSPS) is 20.7. The van der Waals surface area contributed by atoms with E-state index in [1.165, 1.54) is 0 Å². The van der Waals surface area contributed by atoms with Crippen LogP contribution < -0.4 is 10.1 Å². The topological polar surface area (TPSA) is 51.2 Å². The molecule has 0 aliphatic heterocycles. The SMILES string of the molecule is O=C(Nc1ccc(Cl)cc1)C1CCC(Oc2ccccn2)CC1. The molecule has 1 aromatic heterocycles. The molecular weight excluding hydrogens is 312 g/mol. The van der Waals surface area contributed by atoms with Gasteiger partial charge in [-0.05, 0) is 56.0 Å². The molecule has 5 heteroatoms. The number of ether oxygens (including phenoxy) is 1. The second kappa shape index (κ2) is 7.47. The van der Waals surface area contributed by atoms with E-state index in [-0.39, 0.29) is 17.9 Å². The molecule has 1 N–H and O–H groups in total. The first-order valence-corrected chi connectivity index (χ1v) is 8.22. The van der Waals surface area contributed by atoms with Gasteiger partial charge in [0.05, 0.1) is 0 Å². The van der Waals surface area contributed by atoms with E-state index >= 15 is 0 Å². The molecule has 0 bridgehead atoms. The molecule has 3 rings (SSSR count). The monoisotopic (exact) mass is 330 g/mol. The van der Waals surface area contributed by atoms with E-state index in [0.717, 1.165) is 31.4 Å². The summed E-state index contributed by atoms with van der Waals surface area (Å²) in [7, 11) is 0. The fraction of sp³-hybridized carbons (Fsp3) is 0.333. The lowest BCUT2D eigenvalue weighted by Crippen LogP contribution is -2.31. The van der Waals surface area contributed by atoms with E-state index in [9.17, 15) is 4.79 Å². The summed E-state index contributed by atoms with van der Waals surface area (Å²) in [6.07, 6.45) is 5.27. The van der Waals surface area contributed by atoms with Gasteiger partial charge in [-0.15, -0.1) is 0 Å². The van der Waals surface area contributed by atoms with Crippen LogP contribution in [-0.4, -0.2) is 17.0 Å². The minimum atomic E-state index is 0.0364. The maximum Gasteiger partial charge on any atom is 0.227 e. The summed E-state index contributed by atoms with van der Waals surface area (Å²) in [5.41, 5.74) is 0.784. The Hall–Kier alpha value is -2.07. The molecule has 0 saturated heterocycles. The Labute approximate surface area is 140 Å². The van der Waals surface area contributed by atoms with Gasteiger partial charge in [0.1, 0.15) is 6.10 Å². The quantitative estimate of drug-likeness (QED) is 0.908. The molecule has 1 heterocycles. The van der Waals surface area contributed by atoms with E-state index in [0.29, 0.717) is 10.9 Å². The highest BCUT2D eigenvalue weighted by atomic mass is 35.5. The number of nitrogens with one attached hydrogen (secondary N) is 1.